The van der Waals surface area contributed by atoms with E-state index in [1.165, 1.54) is 14.0 Å². The first kappa shape index (κ1) is 26.9. The third-order valence-corrected chi connectivity index (χ3v) is 5.70. The highest BCUT2D eigenvalue weighted by Gasteiger charge is 2.19. The summed E-state index contributed by atoms with van der Waals surface area (Å²) >= 11 is 0. The average molecular weight is 530 g/mol. The summed E-state index contributed by atoms with van der Waals surface area (Å²) in [6.45, 7) is 1.29. The van der Waals surface area contributed by atoms with Gasteiger partial charge in [-0.3, -0.25) is 14.6 Å². The molecule has 0 fully saturated rings. The van der Waals surface area contributed by atoms with Crippen molar-refractivity contribution in [2.75, 3.05) is 19.0 Å². The van der Waals surface area contributed by atoms with E-state index in [4.69, 9.17) is 14.2 Å². The summed E-state index contributed by atoms with van der Waals surface area (Å²) in [5.74, 6) is 0.0806. The van der Waals surface area contributed by atoms with Crippen LogP contribution in [0.2, 0.25) is 0 Å². The summed E-state index contributed by atoms with van der Waals surface area (Å²) < 4.78 is 17.4. The minimum atomic E-state index is -1.14. The fourth-order valence-corrected chi connectivity index (χ4v) is 3.81. The number of carboxylic acid groups (broad SMARTS) is 1. The number of carbonyl (C=O) groups excluding carboxylic acids is 2. The quantitative estimate of drug-likeness (QED) is 0.256. The van der Waals surface area contributed by atoms with Gasteiger partial charge in [0.1, 0.15) is 17.5 Å². The van der Waals surface area contributed by atoms with Gasteiger partial charge in [-0.1, -0.05) is 18.2 Å². The molecule has 0 aliphatic carbocycles. The van der Waals surface area contributed by atoms with Crippen LogP contribution < -0.4 is 24.8 Å². The Morgan fingerprint density at radius 1 is 0.949 bits per heavy atom. The molecule has 0 saturated carbocycles. The molecule has 4 rings (SSSR count). The number of ether oxygens (including phenoxy) is 3. The van der Waals surface area contributed by atoms with E-state index >= 15 is 0 Å². The first-order valence-corrected chi connectivity index (χ1v) is 12.1. The highest BCUT2D eigenvalue weighted by atomic mass is 16.5. The number of methoxy groups -OCH3 is 1. The van der Waals surface area contributed by atoms with Crippen LogP contribution in [0.3, 0.4) is 0 Å². The summed E-state index contributed by atoms with van der Waals surface area (Å²) in [7, 11) is 1.49. The number of rotatable bonds is 11. The molecule has 4 aromatic rings. The fraction of sp³-hybridized carbons (Fsp3) is 0.172. The maximum absolute atomic E-state index is 12.4. The van der Waals surface area contributed by atoms with Crippen LogP contribution >= 0.6 is 0 Å². The van der Waals surface area contributed by atoms with Crippen molar-refractivity contribution in [1.29, 1.82) is 0 Å². The van der Waals surface area contributed by atoms with Crippen LogP contribution in [0.25, 0.3) is 10.9 Å². The molecule has 0 spiro atoms. The van der Waals surface area contributed by atoms with Gasteiger partial charge < -0.3 is 30.0 Å². The van der Waals surface area contributed by atoms with E-state index in [0.717, 1.165) is 0 Å². The van der Waals surface area contributed by atoms with Crippen LogP contribution in [0.4, 0.5) is 5.69 Å². The van der Waals surface area contributed by atoms with Gasteiger partial charge in [-0.15, -0.1) is 0 Å². The van der Waals surface area contributed by atoms with E-state index in [-0.39, 0.29) is 18.9 Å². The predicted octanol–water partition coefficient (Wildman–Crippen LogP) is 4.65. The third kappa shape index (κ3) is 7.01. The Morgan fingerprint density at radius 2 is 1.69 bits per heavy atom. The van der Waals surface area contributed by atoms with Gasteiger partial charge in [0.05, 0.1) is 19.2 Å². The number of amides is 2. The number of anilines is 1. The smallest absolute Gasteiger partial charge is 0.326 e. The SMILES string of the molecule is COc1cc2c(Oc3ccc(NC(=O)c4ccccc4)cc3)ccnc2cc1OCCC(NC(C)=O)C(=O)O. The Kier molecular flexibility index (Phi) is 8.57. The number of benzene rings is 3. The molecule has 1 aromatic heterocycles. The molecule has 10 heteroatoms. The Morgan fingerprint density at radius 3 is 2.36 bits per heavy atom. The zero-order chi connectivity index (χ0) is 27.8. The van der Waals surface area contributed by atoms with E-state index in [1.807, 2.05) is 6.07 Å². The summed E-state index contributed by atoms with van der Waals surface area (Å²) in [4.78, 5) is 39.4. The van der Waals surface area contributed by atoms with Crippen molar-refractivity contribution in [2.24, 2.45) is 0 Å². The van der Waals surface area contributed by atoms with Gasteiger partial charge in [0.15, 0.2) is 11.5 Å². The number of hydrogen-bond acceptors (Lipinski definition) is 7. The number of carboxylic acids is 1. The molecule has 0 aliphatic heterocycles. The van der Waals surface area contributed by atoms with Gasteiger partial charge in [0.2, 0.25) is 5.91 Å². The maximum Gasteiger partial charge on any atom is 0.326 e. The van der Waals surface area contributed by atoms with Crippen molar-refractivity contribution in [1.82, 2.24) is 10.3 Å². The second-order valence-corrected chi connectivity index (χ2v) is 8.50. The third-order valence-electron chi connectivity index (χ3n) is 5.70. The van der Waals surface area contributed by atoms with Crippen LogP contribution in [0.5, 0.6) is 23.0 Å². The lowest BCUT2D eigenvalue weighted by molar-refractivity contribution is -0.141. The lowest BCUT2D eigenvalue weighted by Crippen LogP contribution is -2.40. The second kappa shape index (κ2) is 12.4. The standard InChI is InChI=1S/C29H27N3O7/c1-18(33)31-23(29(35)36)13-15-38-27-17-24-22(16-26(27)37-2)25(12-14-30-24)39-21-10-8-20(9-11-21)32-28(34)19-6-4-3-5-7-19/h3-12,14,16-17,23H,13,15H2,1-2H3,(H,31,33)(H,32,34)(H,35,36). The maximum atomic E-state index is 12.4. The molecule has 1 unspecified atom stereocenters. The van der Waals surface area contributed by atoms with Crippen LogP contribution in [0.1, 0.15) is 23.7 Å². The van der Waals surface area contributed by atoms with Crippen LogP contribution in [-0.2, 0) is 9.59 Å². The van der Waals surface area contributed by atoms with E-state index in [1.54, 1.807) is 72.9 Å². The number of nitrogens with one attached hydrogen (secondary N) is 2. The minimum absolute atomic E-state index is 0.0302. The fourth-order valence-electron chi connectivity index (χ4n) is 3.81. The normalized spacial score (nSPS) is 11.3. The lowest BCUT2D eigenvalue weighted by atomic mass is 10.1. The zero-order valence-corrected chi connectivity index (χ0v) is 21.3. The molecule has 39 heavy (non-hydrogen) atoms. The van der Waals surface area contributed by atoms with E-state index < -0.39 is 17.9 Å². The van der Waals surface area contributed by atoms with Crippen LogP contribution in [-0.4, -0.2) is 47.6 Å². The monoisotopic (exact) mass is 529 g/mol. The van der Waals surface area contributed by atoms with Gasteiger partial charge in [-0.2, -0.15) is 0 Å². The number of hydrogen-bond donors (Lipinski definition) is 3. The number of aromatic nitrogens is 1. The van der Waals surface area contributed by atoms with Gasteiger partial charge in [-0.25, -0.2) is 4.79 Å². The predicted molar refractivity (Wildman–Crippen MR) is 145 cm³/mol. The van der Waals surface area contributed by atoms with Crippen molar-refractivity contribution in [2.45, 2.75) is 19.4 Å². The largest absolute Gasteiger partial charge is 0.493 e. The topological polar surface area (TPSA) is 136 Å². The zero-order valence-electron chi connectivity index (χ0n) is 21.3. The molecule has 3 aromatic carbocycles. The van der Waals surface area contributed by atoms with Crippen molar-refractivity contribution < 1.29 is 33.7 Å². The summed E-state index contributed by atoms with van der Waals surface area (Å²) in [5, 5.41) is 15.2. The van der Waals surface area contributed by atoms with E-state index in [9.17, 15) is 19.5 Å². The Labute approximate surface area is 224 Å². The first-order valence-electron chi connectivity index (χ1n) is 12.1. The highest BCUT2D eigenvalue weighted by molar-refractivity contribution is 6.04. The molecule has 10 nitrogen and oxygen atoms in total. The van der Waals surface area contributed by atoms with Gasteiger partial charge >= 0.3 is 5.97 Å². The highest BCUT2D eigenvalue weighted by Crippen LogP contribution is 2.37. The molecule has 3 N–H and O–H groups in total. The van der Waals surface area contributed by atoms with Crippen LogP contribution in [0.15, 0.2) is 79.0 Å². The van der Waals surface area contributed by atoms with Crippen molar-refractivity contribution in [3.8, 4) is 23.0 Å². The van der Waals surface area contributed by atoms with Crippen molar-refractivity contribution in [3.63, 3.8) is 0 Å². The molecule has 1 heterocycles. The lowest BCUT2D eigenvalue weighted by Gasteiger charge is -2.16. The number of nitrogens with zero attached hydrogens (tertiary/aromatic N) is 1. The number of aliphatic carboxylic acids is 1. The van der Waals surface area contributed by atoms with Crippen molar-refractivity contribution >= 4 is 34.4 Å². The molecule has 0 saturated heterocycles. The molecule has 2 amide bonds. The summed E-state index contributed by atoms with van der Waals surface area (Å²) in [6, 6.07) is 20.0. The summed E-state index contributed by atoms with van der Waals surface area (Å²) in [6.07, 6.45) is 1.66. The molecular weight excluding hydrogens is 502 g/mol. The van der Waals surface area contributed by atoms with E-state index in [2.05, 4.69) is 15.6 Å². The van der Waals surface area contributed by atoms with E-state index in [0.29, 0.717) is 45.2 Å². The van der Waals surface area contributed by atoms with Gasteiger partial charge in [0, 0.05) is 42.2 Å². The molecule has 1 atom stereocenters. The van der Waals surface area contributed by atoms with Crippen LogP contribution in [0, 0.1) is 0 Å². The molecule has 0 aliphatic rings. The summed E-state index contributed by atoms with van der Waals surface area (Å²) in [5.41, 5.74) is 1.77. The molecule has 0 radical (unpaired) electrons. The Hall–Kier alpha value is -5.12. The Balaban J connectivity index is 1.47. The number of fused-ring (bicyclic) bond motifs is 1. The molecule has 0 bridgehead atoms. The molecular formula is C29H27N3O7. The number of pyridine rings is 1. The van der Waals surface area contributed by atoms with Gasteiger partial charge in [-0.05, 0) is 48.5 Å². The average Bonchev–Trinajstić information content (AvgIpc) is 2.93. The Bertz CT molecular complexity index is 1470. The second-order valence-electron chi connectivity index (χ2n) is 8.50. The number of carbonyl (C=O) groups is 3. The molecule has 200 valence electrons. The minimum Gasteiger partial charge on any atom is -0.493 e. The first-order chi connectivity index (χ1) is 18.8. The van der Waals surface area contributed by atoms with Gasteiger partial charge in [0.25, 0.3) is 5.91 Å². The van der Waals surface area contributed by atoms with Crippen molar-refractivity contribution in [3.05, 3.63) is 84.6 Å².